The van der Waals surface area contributed by atoms with Crippen molar-refractivity contribution in [1.82, 2.24) is 5.32 Å². The first-order chi connectivity index (χ1) is 13.3. The molecule has 2 aromatic carbocycles. The van der Waals surface area contributed by atoms with E-state index in [9.17, 15) is 13.2 Å². The number of nitrogens with one attached hydrogen (secondary N) is 1. The van der Waals surface area contributed by atoms with Crippen LogP contribution in [-0.2, 0) is 16.6 Å². The number of fused-ring (bicyclic) bond motifs is 1. The third-order valence-corrected chi connectivity index (χ3v) is 6.17. The van der Waals surface area contributed by atoms with Crippen molar-refractivity contribution >= 4 is 39.1 Å². The van der Waals surface area contributed by atoms with E-state index in [1.54, 1.807) is 31.2 Å². The number of halogens is 1. The van der Waals surface area contributed by atoms with Crippen LogP contribution in [0.4, 0.5) is 5.69 Å². The number of hydrogen-bond donors (Lipinski definition) is 1. The Balaban J connectivity index is 1.83. The van der Waals surface area contributed by atoms with Gasteiger partial charge in [0.15, 0.2) is 0 Å². The molecule has 8 heteroatoms. The van der Waals surface area contributed by atoms with Crippen LogP contribution in [0.1, 0.15) is 42.6 Å². The Hall–Kier alpha value is -2.38. The third kappa shape index (κ3) is 4.36. The van der Waals surface area contributed by atoms with Gasteiger partial charge < -0.3 is 10.2 Å². The summed E-state index contributed by atoms with van der Waals surface area (Å²) in [5.41, 5.74) is 1.74. The molecule has 0 unspecified atom stereocenters. The molecule has 0 saturated heterocycles. The molecule has 1 aliphatic heterocycles. The molecule has 0 spiro atoms. The molecule has 0 fully saturated rings. The van der Waals surface area contributed by atoms with Crippen molar-refractivity contribution < 1.29 is 13.2 Å². The Morgan fingerprint density at radius 3 is 2.57 bits per heavy atom. The first-order valence-electron chi connectivity index (χ1n) is 9.07. The summed E-state index contributed by atoms with van der Waals surface area (Å²) < 4.78 is 28.9. The molecule has 28 heavy (non-hydrogen) atoms. The van der Waals surface area contributed by atoms with E-state index in [2.05, 4.69) is 16.6 Å². The van der Waals surface area contributed by atoms with Crippen LogP contribution in [0.2, 0.25) is 5.02 Å². The summed E-state index contributed by atoms with van der Waals surface area (Å²) in [6, 6.07) is 11.9. The summed E-state index contributed by atoms with van der Waals surface area (Å²) in [5.74, 6) is 0.0974. The first kappa shape index (κ1) is 20.4. The van der Waals surface area contributed by atoms with Crippen molar-refractivity contribution in [3.05, 3.63) is 58.6 Å². The number of sulfonamides is 1. The van der Waals surface area contributed by atoms with E-state index in [0.717, 1.165) is 18.4 Å². The number of anilines is 1. The zero-order chi connectivity index (χ0) is 20.3. The van der Waals surface area contributed by atoms with E-state index in [1.165, 1.54) is 6.07 Å². The highest BCUT2D eigenvalue weighted by atomic mass is 35.5. The number of carbonyl (C=O) groups is 1. The second-order valence-corrected chi connectivity index (χ2v) is 8.62. The summed E-state index contributed by atoms with van der Waals surface area (Å²) in [5, 5.41) is 3.42. The smallest absolute Gasteiger partial charge is 0.286 e. The van der Waals surface area contributed by atoms with Crippen LogP contribution in [0.5, 0.6) is 0 Å². The topological polar surface area (TPSA) is 78.8 Å². The number of rotatable bonds is 6. The minimum Gasteiger partial charge on any atom is -0.348 e. The minimum absolute atomic E-state index is 0.0633. The molecule has 1 heterocycles. The van der Waals surface area contributed by atoms with E-state index >= 15 is 0 Å². The average Bonchev–Trinajstić information content (AvgIpc) is 2.66. The standard InChI is InChI=1S/C20H22ClN3O3S/c1-3-4-11-24-14(2)23-28(26,27)19-12-16(7-10-18(19)24)20(25)22-13-15-5-8-17(21)9-6-15/h5-10,12H,3-4,11,13H2,1-2H3,(H,22,25). The van der Waals surface area contributed by atoms with Crippen molar-refractivity contribution in [2.24, 2.45) is 4.40 Å². The maximum atomic E-state index is 12.5. The quantitative estimate of drug-likeness (QED) is 0.767. The van der Waals surface area contributed by atoms with Gasteiger partial charge in [0.25, 0.3) is 15.9 Å². The molecule has 3 rings (SSSR count). The second-order valence-electron chi connectivity index (χ2n) is 6.61. The first-order valence-corrected chi connectivity index (χ1v) is 10.9. The van der Waals surface area contributed by atoms with Crippen molar-refractivity contribution in [3.63, 3.8) is 0 Å². The fraction of sp³-hybridized carbons (Fsp3) is 0.300. The van der Waals surface area contributed by atoms with Gasteiger partial charge in [-0.25, -0.2) is 0 Å². The highest BCUT2D eigenvalue weighted by Gasteiger charge is 2.29. The van der Waals surface area contributed by atoms with Crippen molar-refractivity contribution in [1.29, 1.82) is 0 Å². The summed E-state index contributed by atoms with van der Waals surface area (Å²) in [4.78, 5) is 14.5. The van der Waals surface area contributed by atoms with Gasteiger partial charge in [0.2, 0.25) is 0 Å². The molecule has 0 bridgehead atoms. The largest absolute Gasteiger partial charge is 0.348 e. The van der Waals surface area contributed by atoms with Crippen LogP contribution in [-0.4, -0.2) is 26.7 Å². The summed E-state index contributed by atoms with van der Waals surface area (Å²) >= 11 is 5.86. The Kier molecular flexibility index (Phi) is 6.05. The van der Waals surface area contributed by atoms with E-state index in [1.807, 2.05) is 17.0 Å². The van der Waals surface area contributed by atoms with Gasteiger partial charge in [0.05, 0.1) is 5.69 Å². The molecule has 0 radical (unpaired) electrons. The maximum Gasteiger partial charge on any atom is 0.286 e. The molecule has 1 amide bonds. The van der Waals surface area contributed by atoms with Crippen molar-refractivity contribution in [2.45, 2.75) is 38.1 Å². The molecule has 2 aromatic rings. The van der Waals surface area contributed by atoms with Crippen LogP contribution < -0.4 is 10.2 Å². The van der Waals surface area contributed by atoms with Crippen LogP contribution >= 0.6 is 11.6 Å². The number of amidine groups is 1. The molecule has 0 atom stereocenters. The highest BCUT2D eigenvalue weighted by molar-refractivity contribution is 7.90. The van der Waals surface area contributed by atoms with Crippen molar-refractivity contribution in [2.75, 3.05) is 11.4 Å². The highest BCUT2D eigenvalue weighted by Crippen LogP contribution is 2.32. The zero-order valence-corrected chi connectivity index (χ0v) is 17.3. The van der Waals surface area contributed by atoms with Gasteiger partial charge in [-0.1, -0.05) is 37.1 Å². The van der Waals surface area contributed by atoms with E-state index in [-0.39, 0.29) is 16.4 Å². The van der Waals surface area contributed by atoms with E-state index in [0.29, 0.717) is 29.6 Å². The van der Waals surface area contributed by atoms with Crippen LogP contribution in [0.15, 0.2) is 51.8 Å². The number of amides is 1. The summed E-state index contributed by atoms with van der Waals surface area (Å²) in [7, 11) is -3.83. The molecule has 1 N–H and O–H groups in total. The molecular formula is C20H22ClN3O3S. The fourth-order valence-electron chi connectivity index (χ4n) is 3.02. The lowest BCUT2D eigenvalue weighted by atomic mass is 10.1. The van der Waals surface area contributed by atoms with Gasteiger partial charge in [-0.2, -0.15) is 8.42 Å². The third-order valence-electron chi connectivity index (χ3n) is 4.54. The van der Waals surface area contributed by atoms with Crippen LogP contribution in [0, 0.1) is 0 Å². The Morgan fingerprint density at radius 1 is 1.18 bits per heavy atom. The molecule has 0 saturated carbocycles. The predicted molar refractivity (Wildman–Crippen MR) is 112 cm³/mol. The molecule has 148 valence electrons. The lowest BCUT2D eigenvalue weighted by Gasteiger charge is -2.29. The molecule has 1 aliphatic rings. The monoisotopic (exact) mass is 419 g/mol. The number of carbonyl (C=O) groups excluding carboxylic acids is 1. The number of hydrogen-bond acceptors (Lipinski definition) is 4. The van der Waals surface area contributed by atoms with Gasteiger partial charge in [0.1, 0.15) is 10.7 Å². The molecule has 0 aliphatic carbocycles. The minimum atomic E-state index is -3.83. The lowest BCUT2D eigenvalue weighted by molar-refractivity contribution is 0.0950. The summed E-state index contributed by atoms with van der Waals surface area (Å²) in [6.07, 6.45) is 1.90. The van der Waals surface area contributed by atoms with Crippen LogP contribution in [0.3, 0.4) is 0 Å². The lowest BCUT2D eigenvalue weighted by Crippen LogP contribution is -2.35. The van der Waals surface area contributed by atoms with E-state index < -0.39 is 10.0 Å². The maximum absolute atomic E-state index is 12.5. The number of benzene rings is 2. The van der Waals surface area contributed by atoms with E-state index in [4.69, 9.17) is 11.6 Å². The molecular weight excluding hydrogens is 398 g/mol. The van der Waals surface area contributed by atoms with Gasteiger partial charge in [-0.3, -0.25) is 4.79 Å². The molecule has 6 nitrogen and oxygen atoms in total. The SMILES string of the molecule is CCCCN1C(C)=NS(=O)(=O)c2cc(C(=O)NCc3ccc(Cl)cc3)ccc21. The Morgan fingerprint density at radius 2 is 1.89 bits per heavy atom. The number of nitrogens with zero attached hydrogens (tertiary/aromatic N) is 2. The number of unbranched alkanes of at least 4 members (excludes halogenated alkanes) is 1. The normalized spacial score (nSPS) is 15.0. The van der Waals surface area contributed by atoms with Gasteiger partial charge in [0, 0.05) is 23.7 Å². The Labute approximate surface area is 170 Å². The average molecular weight is 420 g/mol. The zero-order valence-electron chi connectivity index (χ0n) is 15.8. The van der Waals surface area contributed by atoms with Crippen LogP contribution in [0.25, 0.3) is 0 Å². The van der Waals surface area contributed by atoms with Gasteiger partial charge >= 0.3 is 0 Å². The van der Waals surface area contributed by atoms with Crippen molar-refractivity contribution in [3.8, 4) is 0 Å². The summed E-state index contributed by atoms with van der Waals surface area (Å²) in [6.45, 7) is 4.75. The fourth-order valence-corrected chi connectivity index (χ4v) is 4.41. The Bertz CT molecular complexity index is 1020. The molecule has 0 aromatic heterocycles. The predicted octanol–water partition coefficient (Wildman–Crippen LogP) is 4.00. The van der Waals surface area contributed by atoms with Gasteiger partial charge in [-0.15, -0.1) is 4.40 Å². The van der Waals surface area contributed by atoms with Gasteiger partial charge in [-0.05, 0) is 49.2 Å². The second kappa shape index (κ2) is 8.32.